The van der Waals surface area contributed by atoms with Crippen LogP contribution in [0.3, 0.4) is 0 Å². The average molecular weight is 269 g/mol. The maximum atomic E-state index is 10.7. The van der Waals surface area contributed by atoms with Crippen LogP contribution in [0.1, 0.15) is 11.1 Å². The molecule has 0 bridgehead atoms. The lowest BCUT2D eigenvalue weighted by atomic mass is 10.0. The topological polar surface area (TPSA) is 40.5 Å². The molecular formula is C17H19NO2. The highest BCUT2D eigenvalue weighted by molar-refractivity contribution is 5.71. The van der Waals surface area contributed by atoms with Crippen molar-refractivity contribution in [1.82, 2.24) is 4.90 Å². The highest BCUT2D eigenvalue weighted by Crippen LogP contribution is 2.21. The second-order valence-corrected chi connectivity index (χ2v) is 5.21. The van der Waals surface area contributed by atoms with Gasteiger partial charge in [-0.25, -0.2) is 0 Å². The highest BCUT2D eigenvalue weighted by Gasteiger charge is 2.03. The summed E-state index contributed by atoms with van der Waals surface area (Å²) in [6.07, 6.45) is 0.0704. The fraction of sp³-hybridized carbons (Fsp3) is 0.235. The first-order chi connectivity index (χ1) is 9.54. The lowest BCUT2D eigenvalue weighted by molar-refractivity contribution is -0.136. The quantitative estimate of drug-likeness (QED) is 0.907. The molecule has 0 saturated carbocycles. The molecule has 0 radical (unpaired) electrons. The van der Waals surface area contributed by atoms with Gasteiger partial charge in [0.1, 0.15) is 0 Å². The Kier molecular flexibility index (Phi) is 4.53. The summed E-state index contributed by atoms with van der Waals surface area (Å²) < 4.78 is 0. The molecular weight excluding hydrogens is 250 g/mol. The molecule has 0 spiro atoms. The molecule has 20 heavy (non-hydrogen) atoms. The van der Waals surface area contributed by atoms with Crippen LogP contribution in [0.2, 0.25) is 0 Å². The molecule has 0 atom stereocenters. The predicted octanol–water partition coefficient (Wildman–Crippen LogP) is 3.04. The number of hydrogen-bond donors (Lipinski definition) is 1. The fourth-order valence-corrected chi connectivity index (χ4v) is 2.20. The van der Waals surface area contributed by atoms with Gasteiger partial charge in [0.25, 0.3) is 0 Å². The first-order valence-electron chi connectivity index (χ1n) is 6.59. The third kappa shape index (κ3) is 3.93. The molecule has 104 valence electrons. The van der Waals surface area contributed by atoms with Crippen LogP contribution in [-0.2, 0) is 17.8 Å². The Hall–Kier alpha value is -2.13. The van der Waals surface area contributed by atoms with Crippen LogP contribution in [-0.4, -0.2) is 30.1 Å². The Bertz CT molecular complexity index is 588. The van der Waals surface area contributed by atoms with Crippen molar-refractivity contribution in [1.29, 1.82) is 0 Å². The van der Waals surface area contributed by atoms with Crippen LogP contribution in [0.5, 0.6) is 0 Å². The Balaban J connectivity index is 2.20. The fourth-order valence-electron chi connectivity index (χ4n) is 2.20. The molecule has 2 aromatic rings. The SMILES string of the molecule is CN(C)Cc1cccc(-c2ccc(CC(=O)O)cc2)c1. The summed E-state index contributed by atoms with van der Waals surface area (Å²) in [5.74, 6) is -0.800. The van der Waals surface area contributed by atoms with Gasteiger partial charge in [0.05, 0.1) is 6.42 Å². The van der Waals surface area contributed by atoms with E-state index in [0.717, 1.165) is 23.2 Å². The number of benzene rings is 2. The lowest BCUT2D eigenvalue weighted by Gasteiger charge is -2.11. The van der Waals surface area contributed by atoms with E-state index in [0.29, 0.717) is 0 Å². The van der Waals surface area contributed by atoms with Crippen molar-refractivity contribution in [3.05, 3.63) is 59.7 Å². The summed E-state index contributed by atoms with van der Waals surface area (Å²) in [5.41, 5.74) is 4.36. The van der Waals surface area contributed by atoms with Gasteiger partial charge in [-0.1, -0.05) is 42.5 Å². The molecule has 0 aromatic heterocycles. The van der Waals surface area contributed by atoms with Crippen molar-refractivity contribution < 1.29 is 9.90 Å². The van der Waals surface area contributed by atoms with Crippen molar-refractivity contribution in [2.75, 3.05) is 14.1 Å². The maximum absolute atomic E-state index is 10.7. The summed E-state index contributed by atoms with van der Waals surface area (Å²) in [6, 6.07) is 16.1. The van der Waals surface area contributed by atoms with Crippen LogP contribution in [0.4, 0.5) is 0 Å². The van der Waals surface area contributed by atoms with Gasteiger partial charge in [0, 0.05) is 6.54 Å². The van der Waals surface area contributed by atoms with Gasteiger partial charge in [0.2, 0.25) is 0 Å². The van der Waals surface area contributed by atoms with Crippen LogP contribution in [0.25, 0.3) is 11.1 Å². The molecule has 0 aliphatic carbocycles. The summed E-state index contributed by atoms with van der Waals surface area (Å²) in [6.45, 7) is 0.908. The molecule has 0 saturated heterocycles. The second-order valence-electron chi connectivity index (χ2n) is 5.21. The van der Waals surface area contributed by atoms with Crippen LogP contribution in [0, 0.1) is 0 Å². The summed E-state index contributed by atoms with van der Waals surface area (Å²) >= 11 is 0. The van der Waals surface area contributed by atoms with Gasteiger partial charge in [-0.2, -0.15) is 0 Å². The third-order valence-corrected chi connectivity index (χ3v) is 3.07. The van der Waals surface area contributed by atoms with Crippen molar-refractivity contribution in [3.8, 4) is 11.1 Å². The minimum atomic E-state index is -0.800. The number of aliphatic carboxylic acids is 1. The molecule has 0 fully saturated rings. The van der Waals surface area contributed by atoms with E-state index in [-0.39, 0.29) is 6.42 Å². The van der Waals surface area contributed by atoms with Gasteiger partial charge in [0.15, 0.2) is 0 Å². The van der Waals surface area contributed by atoms with Crippen LogP contribution >= 0.6 is 0 Å². The molecule has 3 nitrogen and oxygen atoms in total. The molecule has 0 amide bonds. The molecule has 0 heterocycles. The number of carboxylic acid groups (broad SMARTS) is 1. The second kappa shape index (κ2) is 6.35. The molecule has 0 aliphatic heterocycles. The smallest absolute Gasteiger partial charge is 0.307 e. The Morgan fingerprint density at radius 2 is 1.70 bits per heavy atom. The molecule has 0 unspecified atom stereocenters. The first-order valence-corrected chi connectivity index (χ1v) is 6.59. The Morgan fingerprint density at radius 1 is 1.00 bits per heavy atom. The van der Waals surface area contributed by atoms with E-state index in [1.807, 2.05) is 38.4 Å². The zero-order valence-corrected chi connectivity index (χ0v) is 11.8. The van der Waals surface area contributed by atoms with Crippen LogP contribution in [0.15, 0.2) is 48.5 Å². The Morgan fingerprint density at radius 3 is 2.30 bits per heavy atom. The van der Waals surface area contributed by atoms with Crippen LogP contribution < -0.4 is 0 Å². The van der Waals surface area contributed by atoms with Crippen molar-refractivity contribution >= 4 is 5.97 Å². The van der Waals surface area contributed by atoms with Gasteiger partial charge >= 0.3 is 5.97 Å². The van der Waals surface area contributed by atoms with Crippen molar-refractivity contribution in [3.63, 3.8) is 0 Å². The maximum Gasteiger partial charge on any atom is 0.307 e. The zero-order valence-electron chi connectivity index (χ0n) is 11.8. The van der Waals surface area contributed by atoms with Gasteiger partial charge < -0.3 is 10.0 Å². The molecule has 2 aromatic carbocycles. The van der Waals surface area contributed by atoms with Gasteiger partial charge in [-0.15, -0.1) is 0 Å². The first kappa shape index (κ1) is 14.3. The number of hydrogen-bond acceptors (Lipinski definition) is 2. The zero-order chi connectivity index (χ0) is 14.5. The number of rotatable bonds is 5. The summed E-state index contributed by atoms with van der Waals surface area (Å²) in [4.78, 5) is 12.8. The normalized spacial score (nSPS) is 10.8. The van der Waals surface area contributed by atoms with E-state index in [2.05, 4.69) is 29.2 Å². The molecule has 0 aliphatic rings. The summed E-state index contributed by atoms with van der Waals surface area (Å²) in [5, 5.41) is 8.77. The number of nitrogens with zero attached hydrogens (tertiary/aromatic N) is 1. The lowest BCUT2D eigenvalue weighted by Crippen LogP contribution is -2.10. The monoisotopic (exact) mass is 269 g/mol. The van der Waals surface area contributed by atoms with E-state index < -0.39 is 5.97 Å². The van der Waals surface area contributed by atoms with Gasteiger partial charge in [-0.3, -0.25) is 4.79 Å². The van der Waals surface area contributed by atoms with E-state index in [4.69, 9.17) is 5.11 Å². The third-order valence-electron chi connectivity index (χ3n) is 3.07. The summed E-state index contributed by atoms with van der Waals surface area (Å²) in [7, 11) is 4.10. The standard InChI is InChI=1S/C17H19NO2/c1-18(2)12-14-4-3-5-16(10-14)15-8-6-13(7-9-15)11-17(19)20/h3-10H,11-12H2,1-2H3,(H,19,20). The van der Waals surface area contributed by atoms with E-state index in [1.165, 1.54) is 5.56 Å². The van der Waals surface area contributed by atoms with E-state index in [9.17, 15) is 4.79 Å². The number of carbonyl (C=O) groups is 1. The Labute approximate surface area is 119 Å². The van der Waals surface area contributed by atoms with E-state index >= 15 is 0 Å². The largest absolute Gasteiger partial charge is 0.481 e. The molecule has 2 rings (SSSR count). The van der Waals surface area contributed by atoms with Gasteiger partial charge in [-0.05, 0) is 42.4 Å². The minimum Gasteiger partial charge on any atom is -0.481 e. The molecule has 1 N–H and O–H groups in total. The van der Waals surface area contributed by atoms with Crippen molar-refractivity contribution in [2.45, 2.75) is 13.0 Å². The average Bonchev–Trinajstić information content (AvgIpc) is 2.38. The number of carboxylic acids is 1. The highest BCUT2D eigenvalue weighted by atomic mass is 16.4. The minimum absolute atomic E-state index is 0.0704. The predicted molar refractivity (Wildman–Crippen MR) is 80.6 cm³/mol. The van der Waals surface area contributed by atoms with E-state index in [1.54, 1.807) is 0 Å². The van der Waals surface area contributed by atoms with Crippen molar-refractivity contribution in [2.24, 2.45) is 0 Å². The molecule has 3 heteroatoms.